The van der Waals surface area contributed by atoms with Crippen molar-refractivity contribution in [3.05, 3.63) is 46.9 Å². The predicted octanol–water partition coefficient (Wildman–Crippen LogP) is -0.238. The normalized spacial score (nSPS) is 19.3. The Labute approximate surface area is 245 Å². The number of carboxylic acids is 2. The van der Waals surface area contributed by atoms with Crippen molar-refractivity contribution >= 4 is 69.5 Å². The molecule has 13 nitrogen and oxygen atoms in total. The van der Waals surface area contributed by atoms with E-state index in [2.05, 4.69) is 15.5 Å². The highest BCUT2D eigenvalue weighted by Crippen LogP contribution is 2.41. The molecule has 4 rings (SSSR count). The quantitative estimate of drug-likeness (QED) is 0.0876. The molecule has 0 aliphatic carbocycles. The van der Waals surface area contributed by atoms with Gasteiger partial charge in [0, 0.05) is 33.9 Å². The van der Waals surface area contributed by atoms with E-state index in [0.29, 0.717) is 5.57 Å². The fourth-order valence-electron chi connectivity index (χ4n) is 3.96. The van der Waals surface area contributed by atoms with Gasteiger partial charge in [0.2, 0.25) is 6.10 Å². The van der Waals surface area contributed by atoms with Crippen molar-refractivity contribution in [3.63, 3.8) is 0 Å². The lowest BCUT2D eigenvalue weighted by Crippen LogP contribution is -2.71. The average Bonchev–Trinajstić information content (AvgIpc) is 3.38. The second kappa shape index (κ2) is 13.3. The summed E-state index contributed by atoms with van der Waals surface area (Å²) in [6.07, 6.45) is 2.20. The topological polar surface area (TPSA) is 191 Å². The molecule has 2 aliphatic rings. The van der Waals surface area contributed by atoms with Gasteiger partial charge in [-0.3, -0.25) is 14.5 Å². The number of carboxylic acid groups (broad SMARTS) is 2. The number of oxime groups is 1. The smallest absolute Gasteiger partial charge is 0.347 e. The van der Waals surface area contributed by atoms with Gasteiger partial charge in [-0.05, 0) is 12.0 Å². The maximum absolute atomic E-state index is 13.2. The number of nitrogen functional groups attached to an aromatic ring is 1. The molecule has 17 heteroatoms. The number of carbonyl (C=O) groups excluding carboxylic acids is 3. The van der Waals surface area contributed by atoms with Crippen LogP contribution in [-0.4, -0.2) is 80.2 Å². The van der Waals surface area contributed by atoms with Gasteiger partial charge in [0.1, 0.15) is 23.8 Å². The maximum Gasteiger partial charge on any atom is 0.347 e. The van der Waals surface area contributed by atoms with E-state index in [1.165, 1.54) is 28.9 Å². The molecule has 41 heavy (non-hydrogen) atoms. The van der Waals surface area contributed by atoms with Gasteiger partial charge in [0.05, 0.1) is 11.7 Å². The zero-order valence-electron chi connectivity index (χ0n) is 21.5. The number of nitrogens with zero attached hydrogens (tertiary/aromatic N) is 4. The number of thiazole rings is 1. The third kappa shape index (κ3) is 6.79. The van der Waals surface area contributed by atoms with Crippen LogP contribution < -0.4 is 20.7 Å². The number of β-lactam (4-membered cyclic amide) rings is 1. The lowest BCUT2D eigenvalue weighted by Gasteiger charge is -2.50. The monoisotopic (exact) mass is 624 g/mol. The van der Waals surface area contributed by atoms with Crippen LogP contribution in [0.25, 0.3) is 0 Å². The first-order chi connectivity index (χ1) is 19.6. The lowest BCUT2D eigenvalue weighted by atomic mass is 10.0. The number of aromatic nitrogens is 2. The first-order valence-electron chi connectivity index (χ1n) is 12.2. The Morgan fingerprint density at radius 2 is 2.15 bits per heavy atom. The molecule has 0 spiro atoms. The number of aryl methyl sites for hydroxylation is 1. The molecule has 3 atom stereocenters. The summed E-state index contributed by atoms with van der Waals surface area (Å²) >= 11 is 3.66. The fraction of sp³-hybridized carbons (Fsp3) is 0.375. The molecule has 1 fully saturated rings. The Kier molecular flexibility index (Phi) is 9.82. The lowest BCUT2D eigenvalue weighted by molar-refractivity contribution is -0.697. The van der Waals surface area contributed by atoms with Gasteiger partial charge >= 0.3 is 5.97 Å². The number of rotatable bonds is 13. The van der Waals surface area contributed by atoms with Gasteiger partial charge in [-0.2, -0.15) is 0 Å². The van der Waals surface area contributed by atoms with Crippen molar-refractivity contribution in [1.82, 2.24) is 15.2 Å². The molecule has 2 aromatic rings. The van der Waals surface area contributed by atoms with Gasteiger partial charge in [0.25, 0.3) is 11.8 Å². The highest BCUT2D eigenvalue weighted by Gasteiger charge is 2.53. The molecular weight excluding hydrogens is 599 g/mol. The summed E-state index contributed by atoms with van der Waals surface area (Å²) in [6, 6.07) is 2.49. The van der Waals surface area contributed by atoms with E-state index in [9.17, 15) is 33.8 Å². The average molecular weight is 625 g/mol. The minimum absolute atomic E-state index is 0.0240. The van der Waals surface area contributed by atoms with E-state index in [4.69, 9.17) is 10.6 Å². The molecule has 4 N–H and O–H groups in total. The number of hydrogen-bond acceptors (Lipinski definition) is 12. The molecule has 2 amide bonds. The van der Waals surface area contributed by atoms with Crippen LogP contribution in [0.2, 0.25) is 0 Å². The fourth-order valence-corrected chi connectivity index (χ4v) is 6.88. The number of thioether (sulfide) groups is 2. The Balaban J connectivity index is 1.48. The standard InChI is InChI=1S/C24H25FN6O7S3/c1-2-15(22(34)35)38-29-16(14-11-41-24(26)27-14)19(32)28-17-20(33)31-18(23(36)37)12(10-40-21(17)31)9-39-13-3-6-30(7-4-13)8-5-25/h3-4,6-7,11,15,17,21H,2,5,8-10H2,1H3,(H4-,26,27,28,32,34,35,36,37)/b29-16-/t15?,17-,21-/m1/s1. The third-order valence-corrected chi connectivity index (χ3v) is 9.15. The number of fused-ring (bicyclic) bond motifs is 1. The molecule has 1 unspecified atom stereocenters. The number of aliphatic carboxylic acids is 2. The van der Waals surface area contributed by atoms with E-state index in [1.807, 2.05) is 0 Å². The summed E-state index contributed by atoms with van der Waals surface area (Å²) in [4.78, 5) is 60.6. The van der Waals surface area contributed by atoms with Crippen molar-refractivity contribution in [2.24, 2.45) is 5.16 Å². The van der Waals surface area contributed by atoms with Crippen molar-refractivity contribution in [3.8, 4) is 0 Å². The number of nitrogens with two attached hydrogens (primary N) is 1. The molecule has 218 valence electrons. The summed E-state index contributed by atoms with van der Waals surface area (Å²) in [6.45, 7) is 1.31. The summed E-state index contributed by atoms with van der Waals surface area (Å²) in [5, 5.41) is 28.4. The van der Waals surface area contributed by atoms with Gasteiger partial charge in [-0.15, -0.1) is 34.9 Å². The van der Waals surface area contributed by atoms with Crippen LogP contribution in [0.5, 0.6) is 0 Å². The van der Waals surface area contributed by atoms with Crippen LogP contribution in [0.1, 0.15) is 19.0 Å². The van der Waals surface area contributed by atoms with E-state index >= 15 is 0 Å². The number of pyridine rings is 1. The van der Waals surface area contributed by atoms with Crippen molar-refractivity contribution in [2.45, 2.75) is 42.3 Å². The molecule has 0 bridgehead atoms. The van der Waals surface area contributed by atoms with Crippen molar-refractivity contribution < 1.29 is 43.2 Å². The predicted molar refractivity (Wildman–Crippen MR) is 146 cm³/mol. The second-order valence-electron chi connectivity index (χ2n) is 8.70. The largest absolute Gasteiger partial charge is 0.543 e. The zero-order chi connectivity index (χ0) is 29.7. The number of amides is 2. The van der Waals surface area contributed by atoms with Gasteiger partial charge in [0.15, 0.2) is 29.8 Å². The molecule has 4 heterocycles. The Bertz CT molecular complexity index is 1400. The number of carbonyl (C=O) groups is 4. The minimum atomic E-state index is -1.51. The Morgan fingerprint density at radius 1 is 1.41 bits per heavy atom. The van der Waals surface area contributed by atoms with E-state index in [0.717, 1.165) is 21.1 Å². The zero-order valence-corrected chi connectivity index (χ0v) is 24.0. The second-order valence-corrected chi connectivity index (χ2v) is 11.7. The van der Waals surface area contributed by atoms with Crippen LogP contribution >= 0.6 is 34.9 Å². The molecular formula is C24H25FN6O7S3. The highest BCUT2D eigenvalue weighted by atomic mass is 32.2. The molecule has 0 radical (unpaired) electrons. The van der Waals surface area contributed by atoms with Crippen LogP contribution in [-0.2, 0) is 30.6 Å². The number of hydrogen-bond donors (Lipinski definition) is 3. The van der Waals surface area contributed by atoms with Gasteiger partial charge < -0.3 is 30.9 Å². The van der Waals surface area contributed by atoms with Crippen molar-refractivity contribution in [2.75, 3.05) is 23.9 Å². The minimum Gasteiger partial charge on any atom is -0.543 e. The Hall–Kier alpha value is -3.70. The number of alkyl halides is 1. The molecule has 1 saturated heterocycles. The van der Waals surface area contributed by atoms with Crippen LogP contribution in [0, 0.1) is 0 Å². The summed E-state index contributed by atoms with van der Waals surface area (Å²) < 4.78 is 14.2. The van der Waals surface area contributed by atoms with Crippen LogP contribution in [0.4, 0.5) is 9.52 Å². The van der Waals surface area contributed by atoms with Gasteiger partial charge in [-0.1, -0.05) is 12.1 Å². The molecule has 2 aliphatic heterocycles. The van der Waals surface area contributed by atoms with Crippen LogP contribution in [0.15, 0.2) is 51.2 Å². The van der Waals surface area contributed by atoms with Gasteiger partial charge in [-0.25, -0.2) is 18.7 Å². The summed E-state index contributed by atoms with van der Waals surface area (Å²) in [5.74, 6) is -3.76. The van der Waals surface area contributed by atoms with Crippen LogP contribution in [0.3, 0.4) is 0 Å². The maximum atomic E-state index is 13.2. The number of halogens is 1. The number of nitrogens with one attached hydrogen (secondary N) is 1. The van der Waals surface area contributed by atoms with E-state index in [1.54, 1.807) is 36.0 Å². The summed E-state index contributed by atoms with van der Waals surface area (Å²) in [5.41, 5.74) is 5.56. The third-order valence-electron chi connectivity index (χ3n) is 6.04. The molecule has 0 saturated carbocycles. The first kappa shape index (κ1) is 30.3. The highest BCUT2D eigenvalue weighted by molar-refractivity contribution is 8.01. The summed E-state index contributed by atoms with van der Waals surface area (Å²) in [7, 11) is 0. The Morgan fingerprint density at radius 3 is 2.73 bits per heavy atom. The van der Waals surface area contributed by atoms with E-state index in [-0.39, 0.29) is 46.7 Å². The SMILES string of the molecule is CCC(O/N=C(\C(=O)N[C@@H]1C(=O)N2C(C(=O)[O-])=C(CSc3cc[n+](CCF)cc3)CS[C@H]12)c1csc(N)n1)C(=O)O. The first-order valence-corrected chi connectivity index (χ1v) is 15.1. The number of anilines is 1. The molecule has 2 aromatic heterocycles. The molecule has 0 aromatic carbocycles. The van der Waals surface area contributed by atoms with Crippen molar-refractivity contribution in [1.29, 1.82) is 0 Å². The van der Waals surface area contributed by atoms with E-state index < -0.39 is 47.9 Å².